The van der Waals surface area contributed by atoms with Gasteiger partial charge in [0.05, 0.1) is 28.2 Å². The number of hydrogen-bond donors (Lipinski definition) is 2. The summed E-state index contributed by atoms with van der Waals surface area (Å²) in [6, 6.07) is 13.4. The van der Waals surface area contributed by atoms with E-state index in [9.17, 15) is 18.3 Å². The molecular formula is C34H35Cl2FN4O6S. The summed E-state index contributed by atoms with van der Waals surface area (Å²) in [5, 5.41) is 12.3. The second-order valence-corrected chi connectivity index (χ2v) is 15.3. The van der Waals surface area contributed by atoms with Crippen molar-refractivity contribution < 1.29 is 32.3 Å². The second-order valence-electron chi connectivity index (χ2n) is 12.5. The normalized spacial score (nSPS) is 21.3. The van der Waals surface area contributed by atoms with E-state index in [1.807, 2.05) is 7.05 Å². The van der Waals surface area contributed by atoms with Gasteiger partial charge >= 0.3 is 0 Å². The monoisotopic (exact) mass is 716 g/mol. The van der Waals surface area contributed by atoms with Crippen molar-refractivity contribution in [2.24, 2.45) is 0 Å². The van der Waals surface area contributed by atoms with E-state index in [1.165, 1.54) is 41.5 Å². The topological polar surface area (TPSA) is 112 Å². The fourth-order valence-electron chi connectivity index (χ4n) is 6.39. The van der Waals surface area contributed by atoms with E-state index < -0.39 is 32.9 Å². The van der Waals surface area contributed by atoms with Crippen LogP contribution in [0.25, 0.3) is 0 Å². The van der Waals surface area contributed by atoms with Crippen molar-refractivity contribution in [3.63, 3.8) is 0 Å². The summed E-state index contributed by atoms with van der Waals surface area (Å²) in [6.45, 7) is 4.59. The molecule has 3 aromatic rings. The minimum Gasteiger partial charge on any atom is -0.441 e. The fourth-order valence-corrected chi connectivity index (χ4v) is 7.70. The summed E-state index contributed by atoms with van der Waals surface area (Å²) in [5.74, 6) is -1.42. The van der Waals surface area contributed by atoms with Gasteiger partial charge in [-0.2, -0.15) is 5.48 Å². The Morgan fingerprint density at radius 1 is 1.06 bits per heavy atom. The molecule has 48 heavy (non-hydrogen) atoms. The fraction of sp³-hybridized carbons (Fsp3) is 0.324. The first-order valence-corrected chi connectivity index (χ1v) is 17.9. The number of nitrogens with one attached hydrogen (secondary N) is 1. The molecule has 3 aliphatic heterocycles. The number of likely N-dealkylation sites (N-methyl/N-ethyl adjacent to an activating group) is 1. The predicted molar refractivity (Wildman–Crippen MR) is 179 cm³/mol. The Hall–Kier alpha value is -3.65. The third-order valence-electron chi connectivity index (χ3n) is 8.84. The van der Waals surface area contributed by atoms with E-state index >= 15 is 4.39 Å². The van der Waals surface area contributed by atoms with E-state index in [-0.39, 0.29) is 51.1 Å². The van der Waals surface area contributed by atoms with Crippen molar-refractivity contribution in [2.75, 3.05) is 46.0 Å². The van der Waals surface area contributed by atoms with Gasteiger partial charge in [0.15, 0.2) is 9.84 Å². The Labute approximate surface area is 288 Å². The summed E-state index contributed by atoms with van der Waals surface area (Å²) in [6.07, 6.45) is 5.51. The van der Waals surface area contributed by atoms with E-state index in [0.29, 0.717) is 10.6 Å². The van der Waals surface area contributed by atoms with Crippen molar-refractivity contribution in [3.05, 3.63) is 123 Å². The molecule has 14 heteroatoms. The smallest absolute Gasteiger partial charge is 0.258 e. The number of carbonyl (C=O) groups is 1. The van der Waals surface area contributed by atoms with Crippen LogP contribution in [0.4, 0.5) is 4.39 Å². The zero-order valence-electron chi connectivity index (χ0n) is 26.5. The first kappa shape index (κ1) is 34.2. The number of sulfone groups is 1. The lowest BCUT2D eigenvalue weighted by Crippen LogP contribution is -2.49. The lowest BCUT2D eigenvalue weighted by molar-refractivity contribution is -0.102. The average molecular weight is 718 g/mol. The molecule has 1 amide bonds. The standard InChI is InChI=1S/C34H35Cl2FN4O6S/c1-33(43,21-40-14-12-39(2)13-15-40)24-17-27-31(28(37)18-24)34(23-7-10-25(35)11-8-23,47-30-5-4-16-46-38-30)41(32(27)42)20-22-6-9-26(36)19-29(22)48(3,44)45/h4-11,16-19,38,43H,12-15,20-21H2,1-3H3/t33?,34-/m1/s1. The van der Waals surface area contributed by atoms with Crippen LogP contribution >= 0.6 is 23.2 Å². The maximum Gasteiger partial charge on any atom is 0.258 e. The van der Waals surface area contributed by atoms with Crippen molar-refractivity contribution in [1.82, 2.24) is 20.2 Å². The SMILES string of the molecule is CN1CCN(CC(C)(O)c2cc(F)c3c(c2)C(=O)N(Cc2ccc(Cl)cc2S(C)(=O)=O)[C@@]3(OC2=CC=CON2)c2ccc(Cl)cc2)CC1. The zero-order chi connectivity index (χ0) is 34.4. The molecule has 0 aliphatic carbocycles. The van der Waals surface area contributed by atoms with Crippen LogP contribution in [0.2, 0.25) is 10.0 Å². The van der Waals surface area contributed by atoms with Gasteiger partial charge in [0.25, 0.3) is 5.91 Å². The average Bonchev–Trinajstić information content (AvgIpc) is 3.27. The minimum absolute atomic E-state index is 0.0445. The highest BCUT2D eigenvalue weighted by Gasteiger charge is 2.56. The molecule has 3 aliphatic rings. The van der Waals surface area contributed by atoms with Gasteiger partial charge in [0, 0.05) is 60.7 Å². The van der Waals surface area contributed by atoms with Crippen molar-refractivity contribution in [1.29, 1.82) is 0 Å². The molecule has 3 aromatic carbocycles. The van der Waals surface area contributed by atoms with Crippen LogP contribution in [-0.2, 0) is 37.3 Å². The van der Waals surface area contributed by atoms with Crippen LogP contribution < -0.4 is 5.48 Å². The molecule has 0 aromatic heterocycles. The molecule has 0 radical (unpaired) electrons. The number of carbonyl (C=O) groups excluding carboxylic acids is 1. The van der Waals surface area contributed by atoms with Crippen LogP contribution in [0.5, 0.6) is 0 Å². The number of amides is 1. The highest BCUT2D eigenvalue weighted by Crippen LogP contribution is 2.50. The minimum atomic E-state index is -3.82. The molecule has 254 valence electrons. The molecule has 6 rings (SSSR count). The summed E-state index contributed by atoms with van der Waals surface area (Å²) >= 11 is 12.5. The molecule has 3 heterocycles. The number of benzene rings is 3. The van der Waals surface area contributed by atoms with E-state index in [1.54, 1.807) is 43.3 Å². The summed E-state index contributed by atoms with van der Waals surface area (Å²) < 4.78 is 49.3. The van der Waals surface area contributed by atoms with E-state index in [0.717, 1.165) is 32.4 Å². The van der Waals surface area contributed by atoms with Crippen LogP contribution in [-0.4, -0.2) is 80.2 Å². The molecule has 2 N–H and O–H groups in total. The lowest BCUT2D eigenvalue weighted by Gasteiger charge is -2.40. The highest BCUT2D eigenvalue weighted by molar-refractivity contribution is 7.90. The van der Waals surface area contributed by atoms with Gasteiger partial charge in [-0.25, -0.2) is 12.8 Å². The van der Waals surface area contributed by atoms with Gasteiger partial charge in [-0.15, -0.1) is 0 Å². The van der Waals surface area contributed by atoms with Crippen LogP contribution in [0.15, 0.2) is 83.8 Å². The lowest BCUT2D eigenvalue weighted by atomic mass is 9.87. The molecule has 1 saturated heterocycles. The molecule has 0 saturated carbocycles. The number of rotatable bonds is 9. The molecule has 2 atom stereocenters. The quantitative estimate of drug-likeness (QED) is 0.324. The molecule has 1 fully saturated rings. The number of halogens is 3. The van der Waals surface area contributed by atoms with Crippen molar-refractivity contribution >= 4 is 38.9 Å². The molecule has 1 unspecified atom stereocenters. The van der Waals surface area contributed by atoms with Crippen LogP contribution in [0, 0.1) is 5.82 Å². The number of hydrogen-bond acceptors (Lipinski definition) is 9. The molecule has 0 spiro atoms. The van der Waals surface area contributed by atoms with Gasteiger partial charge in [-0.3, -0.25) is 14.6 Å². The Morgan fingerprint density at radius 2 is 1.75 bits per heavy atom. The molecule has 0 bridgehead atoms. The first-order chi connectivity index (χ1) is 22.7. The number of aliphatic hydroxyl groups is 1. The number of nitrogens with zero attached hydrogens (tertiary/aromatic N) is 3. The summed E-state index contributed by atoms with van der Waals surface area (Å²) in [7, 11) is -1.79. The number of β-amino-alcohol motifs (C(OH)–C–C–N with tert-alkyl or cyclic N) is 1. The number of fused-ring (bicyclic) bond motifs is 1. The summed E-state index contributed by atoms with van der Waals surface area (Å²) in [5.41, 5.74) is -0.298. The first-order valence-electron chi connectivity index (χ1n) is 15.2. The van der Waals surface area contributed by atoms with E-state index in [4.69, 9.17) is 32.8 Å². The van der Waals surface area contributed by atoms with Gasteiger partial charge < -0.3 is 19.6 Å². The molecular weight excluding hydrogens is 682 g/mol. The largest absolute Gasteiger partial charge is 0.441 e. The van der Waals surface area contributed by atoms with Gasteiger partial charge in [-0.05, 0) is 67.6 Å². The predicted octanol–water partition coefficient (Wildman–Crippen LogP) is 4.75. The summed E-state index contributed by atoms with van der Waals surface area (Å²) in [4.78, 5) is 25.4. The van der Waals surface area contributed by atoms with Gasteiger partial charge in [0.1, 0.15) is 12.1 Å². The number of piperazine rings is 1. The van der Waals surface area contributed by atoms with Crippen LogP contribution in [0.1, 0.15) is 39.5 Å². The van der Waals surface area contributed by atoms with Gasteiger partial charge in [-0.1, -0.05) is 41.4 Å². The Morgan fingerprint density at radius 3 is 2.40 bits per heavy atom. The number of hydroxylamine groups is 1. The molecule has 10 nitrogen and oxygen atoms in total. The zero-order valence-corrected chi connectivity index (χ0v) is 28.9. The third-order valence-corrected chi connectivity index (χ3v) is 10.5. The Balaban J connectivity index is 1.55. The Kier molecular flexibility index (Phi) is 9.26. The second kappa shape index (κ2) is 13.0. The van der Waals surface area contributed by atoms with Gasteiger partial charge in [0.2, 0.25) is 11.6 Å². The Bertz CT molecular complexity index is 1910. The van der Waals surface area contributed by atoms with Crippen molar-refractivity contribution in [3.8, 4) is 0 Å². The number of ether oxygens (including phenoxy) is 1. The maximum atomic E-state index is 16.9. The van der Waals surface area contributed by atoms with Crippen molar-refractivity contribution in [2.45, 2.75) is 29.7 Å². The maximum absolute atomic E-state index is 16.9. The third kappa shape index (κ3) is 6.52. The number of allylic oxidation sites excluding steroid dienone is 2. The van der Waals surface area contributed by atoms with Crippen LogP contribution in [0.3, 0.4) is 0 Å². The van der Waals surface area contributed by atoms with E-state index in [2.05, 4.69) is 15.3 Å². The highest BCUT2D eigenvalue weighted by atomic mass is 35.5.